The third-order valence-electron chi connectivity index (χ3n) is 2.75. The maximum atomic E-state index is 12.8. The van der Waals surface area contributed by atoms with Gasteiger partial charge in [0.2, 0.25) is 11.8 Å². The summed E-state index contributed by atoms with van der Waals surface area (Å²) in [7, 11) is 0. The SMILES string of the molecule is O=C1CCC(=O)N1CCCOc1cccc(F)c1. The summed E-state index contributed by atoms with van der Waals surface area (Å²) in [5.41, 5.74) is 0. The predicted molar refractivity (Wildman–Crippen MR) is 62.5 cm³/mol. The van der Waals surface area contributed by atoms with E-state index in [1.54, 1.807) is 12.1 Å². The molecule has 18 heavy (non-hydrogen) atoms. The van der Waals surface area contributed by atoms with Crippen molar-refractivity contribution in [3.05, 3.63) is 30.1 Å². The maximum absolute atomic E-state index is 12.8. The highest BCUT2D eigenvalue weighted by Gasteiger charge is 2.27. The Morgan fingerprint density at radius 3 is 2.61 bits per heavy atom. The van der Waals surface area contributed by atoms with Crippen LogP contribution in [0.4, 0.5) is 4.39 Å². The Morgan fingerprint density at radius 2 is 1.94 bits per heavy atom. The molecule has 1 aromatic carbocycles. The lowest BCUT2D eigenvalue weighted by Crippen LogP contribution is -2.30. The number of likely N-dealkylation sites (tertiary alicyclic amines) is 1. The highest BCUT2D eigenvalue weighted by atomic mass is 19.1. The first-order chi connectivity index (χ1) is 8.66. The fraction of sp³-hybridized carbons (Fsp3) is 0.385. The highest BCUT2D eigenvalue weighted by Crippen LogP contribution is 2.14. The summed E-state index contributed by atoms with van der Waals surface area (Å²) in [4.78, 5) is 23.9. The zero-order chi connectivity index (χ0) is 13.0. The standard InChI is InChI=1S/C13H14FNO3/c14-10-3-1-4-11(9-10)18-8-2-7-15-12(16)5-6-13(15)17/h1,3-4,9H,2,5-8H2. The minimum atomic E-state index is -0.350. The molecular weight excluding hydrogens is 237 g/mol. The summed E-state index contributed by atoms with van der Waals surface area (Å²) in [6.07, 6.45) is 1.17. The fourth-order valence-electron chi connectivity index (χ4n) is 1.84. The average molecular weight is 251 g/mol. The molecule has 0 bridgehead atoms. The lowest BCUT2D eigenvalue weighted by molar-refractivity contribution is -0.138. The molecule has 1 aliphatic rings. The van der Waals surface area contributed by atoms with Gasteiger partial charge in [0.05, 0.1) is 6.61 Å². The number of rotatable bonds is 5. The summed E-state index contributed by atoms with van der Waals surface area (Å²) in [6.45, 7) is 0.716. The van der Waals surface area contributed by atoms with Gasteiger partial charge in [0.1, 0.15) is 11.6 Å². The van der Waals surface area contributed by atoms with Gasteiger partial charge < -0.3 is 4.74 Å². The molecule has 1 fully saturated rings. The molecule has 0 aromatic heterocycles. The van der Waals surface area contributed by atoms with Gasteiger partial charge in [-0.15, -0.1) is 0 Å². The Hall–Kier alpha value is -1.91. The van der Waals surface area contributed by atoms with Gasteiger partial charge in [-0.05, 0) is 18.6 Å². The molecule has 2 rings (SSSR count). The minimum absolute atomic E-state index is 0.120. The molecule has 1 aliphatic heterocycles. The van der Waals surface area contributed by atoms with Crippen LogP contribution in [0.2, 0.25) is 0 Å². The quantitative estimate of drug-likeness (QED) is 0.591. The van der Waals surface area contributed by atoms with Crippen molar-refractivity contribution in [3.63, 3.8) is 0 Å². The molecule has 0 aliphatic carbocycles. The van der Waals surface area contributed by atoms with Crippen LogP contribution in [0, 0.1) is 5.82 Å². The van der Waals surface area contributed by atoms with Crippen LogP contribution in [0.25, 0.3) is 0 Å². The van der Waals surface area contributed by atoms with E-state index in [2.05, 4.69) is 0 Å². The number of nitrogens with zero attached hydrogens (tertiary/aromatic N) is 1. The molecule has 0 saturated carbocycles. The number of amides is 2. The summed E-state index contributed by atoms with van der Waals surface area (Å²) in [5, 5.41) is 0. The molecule has 0 radical (unpaired) electrons. The molecule has 1 saturated heterocycles. The van der Waals surface area contributed by atoms with Gasteiger partial charge >= 0.3 is 0 Å². The zero-order valence-electron chi connectivity index (χ0n) is 9.89. The molecule has 2 amide bonds. The lowest BCUT2D eigenvalue weighted by atomic mass is 10.3. The van der Waals surface area contributed by atoms with E-state index in [1.807, 2.05) is 0 Å². The normalized spacial score (nSPS) is 15.3. The fourth-order valence-corrected chi connectivity index (χ4v) is 1.84. The second-order valence-corrected chi connectivity index (χ2v) is 4.10. The van der Waals surface area contributed by atoms with E-state index >= 15 is 0 Å². The van der Waals surface area contributed by atoms with Crippen LogP contribution in [0.15, 0.2) is 24.3 Å². The molecule has 0 spiro atoms. The van der Waals surface area contributed by atoms with Crippen LogP contribution in [0.1, 0.15) is 19.3 Å². The van der Waals surface area contributed by atoms with Gasteiger partial charge in [-0.3, -0.25) is 14.5 Å². The maximum Gasteiger partial charge on any atom is 0.229 e. The smallest absolute Gasteiger partial charge is 0.229 e. The second-order valence-electron chi connectivity index (χ2n) is 4.10. The summed E-state index contributed by atoms with van der Waals surface area (Å²) in [6, 6.07) is 5.87. The molecule has 0 N–H and O–H groups in total. The molecule has 96 valence electrons. The molecule has 0 atom stereocenters. The number of hydrogen-bond acceptors (Lipinski definition) is 3. The number of benzene rings is 1. The van der Waals surface area contributed by atoms with Crippen LogP contribution in [0.5, 0.6) is 5.75 Å². The molecular formula is C13H14FNO3. The topological polar surface area (TPSA) is 46.6 Å². The van der Waals surface area contributed by atoms with Gasteiger partial charge in [0.25, 0.3) is 0 Å². The van der Waals surface area contributed by atoms with E-state index < -0.39 is 0 Å². The summed E-state index contributed by atoms with van der Waals surface area (Å²) >= 11 is 0. The van der Waals surface area contributed by atoms with Gasteiger partial charge in [-0.1, -0.05) is 6.07 Å². The van der Waals surface area contributed by atoms with E-state index in [4.69, 9.17) is 4.74 Å². The van der Waals surface area contributed by atoms with Crippen LogP contribution >= 0.6 is 0 Å². The first-order valence-electron chi connectivity index (χ1n) is 5.88. The van der Waals surface area contributed by atoms with E-state index in [0.29, 0.717) is 38.2 Å². The van der Waals surface area contributed by atoms with Crippen molar-refractivity contribution >= 4 is 11.8 Å². The summed E-state index contributed by atoms with van der Waals surface area (Å²) in [5.74, 6) is -0.136. The van der Waals surface area contributed by atoms with Crippen molar-refractivity contribution in [1.29, 1.82) is 0 Å². The van der Waals surface area contributed by atoms with Crippen molar-refractivity contribution in [2.24, 2.45) is 0 Å². The molecule has 1 aromatic rings. The third-order valence-corrected chi connectivity index (χ3v) is 2.75. The summed E-state index contributed by atoms with van der Waals surface area (Å²) < 4.78 is 18.2. The number of carbonyl (C=O) groups is 2. The van der Waals surface area contributed by atoms with Crippen LogP contribution in [-0.4, -0.2) is 29.9 Å². The van der Waals surface area contributed by atoms with Crippen LogP contribution in [0.3, 0.4) is 0 Å². The van der Waals surface area contributed by atoms with E-state index in [1.165, 1.54) is 17.0 Å². The van der Waals surface area contributed by atoms with Crippen molar-refractivity contribution in [1.82, 2.24) is 4.90 Å². The van der Waals surface area contributed by atoms with Gasteiger partial charge in [-0.2, -0.15) is 0 Å². The van der Waals surface area contributed by atoms with Crippen molar-refractivity contribution < 1.29 is 18.7 Å². The Morgan fingerprint density at radius 1 is 1.22 bits per heavy atom. The lowest BCUT2D eigenvalue weighted by Gasteiger charge is -2.13. The molecule has 5 heteroatoms. The molecule has 4 nitrogen and oxygen atoms in total. The minimum Gasteiger partial charge on any atom is -0.493 e. The monoisotopic (exact) mass is 251 g/mol. The average Bonchev–Trinajstić information content (AvgIpc) is 2.66. The number of imide groups is 1. The van der Waals surface area contributed by atoms with Crippen LogP contribution < -0.4 is 4.74 Å². The van der Waals surface area contributed by atoms with E-state index in [9.17, 15) is 14.0 Å². The highest BCUT2D eigenvalue weighted by molar-refractivity contribution is 6.01. The number of hydrogen-bond donors (Lipinski definition) is 0. The van der Waals surface area contributed by atoms with Gasteiger partial charge in [0.15, 0.2) is 0 Å². The first kappa shape index (κ1) is 12.5. The zero-order valence-corrected chi connectivity index (χ0v) is 9.89. The van der Waals surface area contributed by atoms with Crippen molar-refractivity contribution in [2.75, 3.05) is 13.2 Å². The number of carbonyl (C=O) groups excluding carboxylic acids is 2. The second kappa shape index (κ2) is 5.62. The Kier molecular flexibility index (Phi) is 3.92. The largest absolute Gasteiger partial charge is 0.493 e. The van der Waals surface area contributed by atoms with Crippen molar-refractivity contribution in [3.8, 4) is 5.75 Å². The Bertz CT molecular complexity index is 445. The number of ether oxygens (including phenoxy) is 1. The molecule has 0 unspecified atom stereocenters. The third kappa shape index (κ3) is 3.06. The van der Waals surface area contributed by atoms with Gasteiger partial charge in [0, 0.05) is 25.5 Å². The van der Waals surface area contributed by atoms with Crippen molar-refractivity contribution in [2.45, 2.75) is 19.3 Å². The Balaban J connectivity index is 1.73. The molecule has 1 heterocycles. The Labute approximate surface area is 104 Å². The predicted octanol–water partition coefficient (Wildman–Crippen LogP) is 1.74. The van der Waals surface area contributed by atoms with E-state index in [-0.39, 0.29) is 17.6 Å². The van der Waals surface area contributed by atoms with E-state index in [0.717, 1.165) is 0 Å². The van der Waals surface area contributed by atoms with Gasteiger partial charge in [-0.25, -0.2) is 4.39 Å². The first-order valence-corrected chi connectivity index (χ1v) is 5.88. The van der Waals surface area contributed by atoms with Crippen LogP contribution in [-0.2, 0) is 9.59 Å². The number of halogens is 1.